The molecule has 0 saturated carbocycles. The van der Waals surface area contributed by atoms with Crippen molar-refractivity contribution in [2.75, 3.05) is 26.9 Å². The highest BCUT2D eigenvalue weighted by Crippen LogP contribution is 2.34. The average Bonchev–Trinajstić information content (AvgIpc) is 2.34. The number of amides is 1. The number of rotatable bonds is 9. The number of aliphatic hydroxyl groups is 1. The molecule has 0 aromatic rings. The molecule has 0 heterocycles. The molecule has 0 aromatic heterocycles. The van der Waals surface area contributed by atoms with E-state index < -0.39 is 16.9 Å². The molecule has 124 valence electrons. The molecular weight excluding hydrogens is 274 g/mol. The van der Waals surface area contributed by atoms with Crippen molar-refractivity contribution in [2.24, 2.45) is 10.8 Å². The quantitative estimate of drug-likeness (QED) is 0.492. The van der Waals surface area contributed by atoms with Crippen molar-refractivity contribution in [1.82, 2.24) is 5.32 Å². The maximum absolute atomic E-state index is 12.1. The first-order chi connectivity index (χ1) is 9.53. The minimum absolute atomic E-state index is 0.193. The molecule has 6 nitrogen and oxygen atoms in total. The molecule has 21 heavy (non-hydrogen) atoms. The van der Waals surface area contributed by atoms with E-state index in [2.05, 4.69) is 5.32 Å². The number of ether oxygens (including phenoxy) is 2. The number of hydrogen-bond acceptors (Lipinski definition) is 5. The molecule has 0 spiro atoms. The summed E-state index contributed by atoms with van der Waals surface area (Å²) >= 11 is 0. The third-order valence-corrected chi connectivity index (χ3v) is 3.13. The van der Waals surface area contributed by atoms with Crippen molar-refractivity contribution in [3.8, 4) is 0 Å². The molecule has 6 heteroatoms. The fraction of sp³-hybridized carbons (Fsp3) is 0.867. The molecule has 0 fully saturated rings. The lowest BCUT2D eigenvalue weighted by Crippen LogP contribution is -2.44. The van der Waals surface area contributed by atoms with E-state index in [0.29, 0.717) is 13.0 Å². The van der Waals surface area contributed by atoms with Crippen LogP contribution >= 0.6 is 0 Å². The summed E-state index contributed by atoms with van der Waals surface area (Å²) in [7, 11) is 1.54. The Morgan fingerprint density at radius 2 is 1.71 bits per heavy atom. The lowest BCUT2D eigenvalue weighted by Gasteiger charge is -2.32. The van der Waals surface area contributed by atoms with Crippen LogP contribution in [0.1, 0.15) is 41.0 Å². The van der Waals surface area contributed by atoms with Crippen LogP contribution in [-0.2, 0) is 19.1 Å². The molecule has 0 aliphatic heterocycles. The van der Waals surface area contributed by atoms with Crippen LogP contribution in [0.3, 0.4) is 0 Å². The first-order valence-electron chi connectivity index (χ1n) is 7.15. The van der Waals surface area contributed by atoms with Crippen molar-refractivity contribution in [3.05, 3.63) is 0 Å². The van der Waals surface area contributed by atoms with Gasteiger partial charge in [-0.2, -0.15) is 0 Å². The van der Waals surface area contributed by atoms with Gasteiger partial charge in [0, 0.05) is 19.1 Å². The minimum atomic E-state index is -0.778. The summed E-state index contributed by atoms with van der Waals surface area (Å²) in [5.74, 6) is -0.544. The van der Waals surface area contributed by atoms with Crippen molar-refractivity contribution in [1.29, 1.82) is 0 Å². The molecule has 0 aromatic carbocycles. The molecular formula is C15H29NO5. The number of carbonyl (C=O) groups excluding carboxylic acids is 2. The summed E-state index contributed by atoms with van der Waals surface area (Å²) in [6.45, 7) is 9.40. The highest BCUT2D eigenvalue weighted by atomic mass is 16.6. The van der Waals surface area contributed by atoms with Gasteiger partial charge in [-0.05, 0) is 27.2 Å². The third kappa shape index (κ3) is 7.43. The van der Waals surface area contributed by atoms with Crippen LogP contribution in [-0.4, -0.2) is 50.0 Å². The van der Waals surface area contributed by atoms with Crippen molar-refractivity contribution in [3.63, 3.8) is 0 Å². The number of hydrogen-bond donors (Lipinski definition) is 2. The van der Waals surface area contributed by atoms with Crippen LogP contribution < -0.4 is 5.32 Å². The van der Waals surface area contributed by atoms with E-state index in [1.165, 1.54) is 7.11 Å². The Kier molecular flexibility index (Phi) is 7.89. The summed E-state index contributed by atoms with van der Waals surface area (Å²) in [5, 5.41) is 11.9. The van der Waals surface area contributed by atoms with Crippen molar-refractivity contribution < 1.29 is 24.2 Å². The van der Waals surface area contributed by atoms with E-state index in [1.807, 2.05) is 0 Å². The Morgan fingerprint density at radius 1 is 1.14 bits per heavy atom. The van der Waals surface area contributed by atoms with E-state index in [0.717, 1.165) is 0 Å². The number of aliphatic hydroxyl groups excluding tert-OH is 1. The fourth-order valence-electron chi connectivity index (χ4n) is 2.15. The highest BCUT2D eigenvalue weighted by Gasteiger charge is 2.39. The molecule has 2 N–H and O–H groups in total. The smallest absolute Gasteiger partial charge is 0.311 e. The SMILES string of the molecule is COCCOC(=O)C(C)(C)CC(C)(C)C(=O)NCC(C)O. The summed E-state index contributed by atoms with van der Waals surface area (Å²) < 4.78 is 9.97. The molecule has 1 amide bonds. The largest absolute Gasteiger partial charge is 0.463 e. The second-order valence-corrected chi connectivity index (χ2v) is 6.63. The second-order valence-electron chi connectivity index (χ2n) is 6.63. The van der Waals surface area contributed by atoms with Gasteiger partial charge in [0.25, 0.3) is 0 Å². The Morgan fingerprint density at radius 3 is 2.19 bits per heavy atom. The Hall–Kier alpha value is -1.14. The standard InChI is InChI=1S/C15H29NO5/c1-11(17)9-16-12(18)14(2,3)10-15(4,5)13(19)21-8-7-20-6/h11,17H,7-10H2,1-6H3,(H,16,18). The monoisotopic (exact) mass is 303 g/mol. The molecule has 0 rings (SSSR count). The summed E-state index contributed by atoms with van der Waals surface area (Å²) in [4.78, 5) is 24.2. The Balaban J connectivity index is 4.58. The number of carbonyl (C=O) groups is 2. The van der Waals surface area contributed by atoms with Crippen LogP contribution in [0.15, 0.2) is 0 Å². The van der Waals surface area contributed by atoms with Crippen molar-refractivity contribution >= 4 is 11.9 Å². The lowest BCUT2D eigenvalue weighted by molar-refractivity contribution is -0.157. The molecule has 0 saturated heterocycles. The molecule has 1 atom stereocenters. The van der Waals surface area contributed by atoms with Gasteiger partial charge < -0.3 is 19.9 Å². The van der Waals surface area contributed by atoms with E-state index in [-0.39, 0.29) is 25.0 Å². The number of esters is 1. The van der Waals surface area contributed by atoms with Crippen molar-refractivity contribution in [2.45, 2.75) is 47.1 Å². The predicted octanol–water partition coefficient (Wildman–Crippen LogP) is 1.12. The summed E-state index contributed by atoms with van der Waals surface area (Å²) in [6.07, 6.45) is -0.256. The zero-order valence-electron chi connectivity index (χ0n) is 14.0. The van der Waals surface area contributed by atoms with E-state index in [9.17, 15) is 14.7 Å². The van der Waals surface area contributed by atoms with Gasteiger partial charge in [-0.1, -0.05) is 13.8 Å². The number of nitrogens with one attached hydrogen (secondary N) is 1. The minimum Gasteiger partial charge on any atom is -0.463 e. The van der Waals surface area contributed by atoms with Crippen LogP contribution in [0.5, 0.6) is 0 Å². The normalized spacial score (nSPS) is 13.7. The average molecular weight is 303 g/mol. The van der Waals surface area contributed by atoms with E-state index >= 15 is 0 Å². The maximum atomic E-state index is 12.1. The van der Waals surface area contributed by atoms with E-state index in [4.69, 9.17) is 9.47 Å². The van der Waals surface area contributed by atoms with Crippen LogP contribution in [0.4, 0.5) is 0 Å². The Bertz CT molecular complexity index is 350. The zero-order chi connectivity index (χ0) is 16.7. The lowest BCUT2D eigenvalue weighted by atomic mass is 9.74. The van der Waals surface area contributed by atoms with Gasteiger partial charge in [-0.15, -0.1) is 0 Å². The summed E-state index contributed by atoms with van der Waals surface area (Å²) in [6, 6.07) is 0. The van der Waals surface area contributed by atoms with Crippen LogP contribution in [0.25, 0.3) is 0 Å². The van der Waals surface area contributed by atoms with Gasteiger partial charge in [0.1, 0.15) is 6.61 Å². The topological polar surface area (TPSA) is 84.9 Å². The highest BCUT2D eigenvalue weighted by molar-refractivity contribution is 5.83. The molecule has 0 bridgehead atoms. The van der Waals surface area contributed by atoms with Gasteiger partial charge >= 0.3 is 5.97 Å². The first-order valence-corrected chi connectivity index (χ1v) is 7.15. The van der Waals surface area contributed by atoms with E-state index in [1.54, 1.807) is 34.6 Å². The van der Waals surface area contributed by atoms with Gasteiger partial charge in [0.15, 0.2) is 0 Å². The zero-order valence-corrected chi connectivity index (χ0v) is 14.0. The summed E-state index contributed by atoms with van der Waals surface area (Å²) in [5.41, 5.74) is -1.52. The van der Waals surface area contributed by atoms with Gasteiger partial charge in [-0.3, -0.25) is 9.59 Å². The molecule has 0 aliphatic rings. The maximum Gasteiger partial charge on any atom is 0.311 e. The predicted molar refractivity (Wildman–Crippen MR) is 79.7 cm³/mol. The molecule has 0 radical (unpaired) electrons. The first kappa shape index (κ1) is 19.9. The second kappa shape index (κ2) is 8.34. The third-order valence-electron chi connectivity index (χ3n) is 3.13. The Labute approximate surface area is 127 Å². The van der Waals surface area contributed by atoms with Gasteiger partial charge in [0.2, 0.25) is 5.91 Å². The van der Waals surface area contributed by atoms with Gasteiger partial charge in [-0.25, -0.2) is 0 Å². The van der Waals surface area contributed by atoms with Crippen LogP contribution in [0.2, 0.25) is 0 Å². The molecule has 0 aliphatic carbocycles. The molecule has 1 unspecified atom stereocenters. The van der Waals surface area contributed by atoms with Crippen LogP contribution in [0, 0.1) is 10.8 Å². The number of methoxy groups -OCH3 is 1. The fourth-order valence-corrected chi connectivity index (χ4v) is 2.15. The van der Waals surface area contributed by atoms with Gasteiger partial charge in [0.05, 0.1) is 18.1 Å².